The number of carbonyl (C=O) groups excluding carboxylic acids is 1. The maximum absolute atomic E-state index is 14.5. The molecule has 0 saturated heterocycles. The lowest BCUT2D eigenvalue weighted by molar-refractivity contribution is -0.113. The van der Waals surface area contributed by atoms with Crippen LogP contribution in [0.5, 0.6) is 5.75 Å². The van der Waals surface area contributed by atoms with Crippen molar-refractivity contribution in [3.63, 3.8) is 0 Å². The molecule has 1 amide bonds. The number of ether oxygens (including phenoxy) is 1. The molecular weight excluding hydrogens is 487 g/mol. The van der Waals surface area contributed by atoms with E-state index in [4.69, 9.17) is 4.74 Å². The van der Waals surface area contributed by atoms with Crippen molar-refractivity contribution in [3.05, 3.63) is 121 Å². The van der Waals surface area contributed by atoms with Crippen LogP contribution in [0.4, 0.5) is 10.1 Å². The number of nitrogens with zero attached hydrogens (tertiary/aromatic N) is 3. The summed E-state index contributed by atoms with van der Waals surface area (Å²) < 4.78 is 22.1. The van der Waals surface area contributed by atoms with Crippen molar-refractivity contribution in [1.29, 1.82) is 0 Å². The second kappa shape index (κ2) is 11.5. The van der Waals surface area contributed by atoms with Crippen molar-refractivity contribution < 1.29 is 13.9 Å². The Balaban J connectivity index is 1.25. The molecule has 0 aliphatic rings. The summed E-state index contributed by atoms with van der Waals surface area (Å²) in [7, 11) is 0. The number of carbonyl (C=O) groups is 1. The van der Waals surface area contributed by atoms with E-state index in [0.29, 0.717) is 34.6 Å². The van der Waals surface area contributed by atoms with Gasteiger partial charge < -0.3 is 10.1 Å². The van der Waals surface area contributed by atoms with E-state index < -0.39 is 5.82 Å². The Morgan fingerprint density at radius 1 is 0.838 bits per heavy atom. The lowest BCUT2D eigenvalue weighted by Crippen LogP contribution is -2.14. The molecule has 0 radical (unpaired) electrons. The van der Waals surface area contributed by atoms with Gasteiger partial charge in [-0.25, -0.2) is 4.39 Å². The van der Waals surface area contributed by atoms with Gasteiger partial charge in [-0.1, -0.05) is 72.4 Å². The van der Waals surface area contributed by atoms with E-state index >= 15 is 0 Å². The first kappa shape index (κ1) is 24.3. The molecule has 8 heteroatoms. The third-order valence-electron chi connectivity index (χ3n) is 5.48. The highest BCUT2D eigenvalue weighted by atomic mass is 32.2. The van der Waals surface area contributed by atoms with Gasteiger partial charge in [0.2, 0.25) is 5.91 Å². The number of hydrogen-bond donors (Lipinski definition) is 1. The largest absolute Gasteiger partial charge is 0.489 e. The van der Waals surface area contributed by atoms with Crippen molar-refractivity contribution in [2.75, 3.05) is 11.1 Å². The zero-order valence-corrected chi connectivity index (χ0v) is 20.6. The summed E-state index contributed by atoms with van der Waals surface area (Å²) in [5, 5.41) is 11.9. The van der Waals surface area contributed by atoms with Crippen molar-refractivity contribution in [2.24, 2.45) is 0 Å². The predicted molar refractivity (Wildman–Crippen MR) is 143 cm³/mol. The summed E-state index contributed by atoms with van der Waals surface area (Å²) >= 11 is 1.23. The summed E-state index contributed by atoms with van der Waals surface area (Å²) in [6.07, 6.45) is 0. The average molecular weight is 511 g/mol. The Kier molecular flexibility index (Phi) is 7.57. The minimum atomic E-state index is -0.391. The minimum absolute atomic E-state index is 0.106. The normalized spacial score (nSPS) is 10.7. The van der Waals surface area contributed by atoms with Gasteiger partial charge in [-0.3, -0.25) is 9.36 Å². The number of anilines is 1. The van der Waals surface area contributed by atoms with Gasteiger partial charge in [0.1, 0.15) is 18.2 Å². The fourth-order valence-electron chi connectivity index (χ4n) is 3.69. The standard InChI is InChI=1S/C29H23FN4O2S/c30-26-14-8-7-13-25(26)28-32-33-29(34(28)23-11-5-2-6-12-23)37-20-27(35)31-22-15-17-24(18-16-22)36-19-21-9-3-1-4-10-21/h1-18H,19-20H2,(H,31,35). The van der Waals surface area contributed by atoms with Gasteiger partial charge in [0, 0.05) is 11.4 Å². The average Bonchev–Trinajstić information content (AvgIpc) is 3.36. The van der Waals surface area contributed by atoms with Gasteiger partial charge in [-0.15, -0.1) is 10.2 Å². The third kappa shape index (κ3) is 6.05. The van der Waals surface area contributed by atoms with Crippen LogP contribution < -0.4 is 10.1 Å². The molecule has 1 aromatic heterocycles. The molecule has 0 saturated carbocycles. The van der Waals surface area contributed by atoms with Crippen molar-refractivity contribution in [2.45, 2.75) is 11.8 Å². The van der Waals surface area contributed by atoms with Crippen LogP contribution in [0.15, 0.2) is 114 Å². The van der Waals surface area contributed by atoms with E-state index in [9.17, 15) is 9.18 Å². The van der Waals surface area contributed by atoms with E-state index in [-0.39, 0.29) is 11.7 Å². The summed E-state index contributed by atoms with van der Waals surface area (Å²) in [4.78, 5) is 12.7. The van der Waals surface area contributed by atoms with Gasteiger partial charge in [0.15, 0.2) is 11.0 Å². The first-order valence-electron chi connectivity index (χ1n) is 11.6. The number of amides is 1. The Morgan fingerprint density at radius 3 is 2.24 bits per heavy atom. The predicted octanol–water partition coefficient (Wildman–Crippen LogP) is 6.38. The van der Waals surface area contributed by atoms with Crippen molar-refractivity contribution in [3.8, 4) is 22.8 Å². The highest BCUT2D eigenvalue weighted by Gasteiger charge is 2.19. The summed E-state index contributed by atoms with van der Waals surface area (Å²) in [6, 6.07) is 33.0. The fraction of sp³-hybridized carbons (Fsp3) is 0.0690. The highest BCUT2D eigenvalue weighted by molar-refractivity contribution is 7.99. The van der Waals surface area contributed by atoms with Crippen LogP contribution in [-0.4, -0.2) is 26.4 Å². The quantitative estimate of drug-likeness (QED) is 0.233. The molecule has 1 N–H and O–H groups in total. The lowest BCUT2D eigenvalue weighted by Gasteiger charge is -2.11. The second-order valence-electron chi connectivity index (χ2n) is 8.09. The van der Waals surface area contributed by atoms with Crippen LogP contribution in [0.1, 0.15) is 5.56 Å². The molecule has 37 heavy (non-hydrogen) atoms. The third-order valence-corrected chi connectivity index (χ3v) is 6.41. The van der Waals surface area contributed by atoms with Crippen LogP contribution >= 0.6 is 11.8 Å². The topological polar surface area (TPSA) is 69.0 Å². The van der Waals surface area contributed by atoms with Gasteiger partial charge in [0.25, 0.3) is 0 Å². The molecule has 0 spiro atoms. The zero-order chi connectivity index (χ0) is 25.5. The summed E-state index contributed by atoms with van der Waals surface area (Å²) in [6.45, 7) is 0.472. The summed E-state index contributed by atoms with van der Waals surface area (Å²) in [5.41, 5.74) is 2.86. The van der Waals surface area contributed by atoms with Crippen LogP contribution in [0.2, 0.25) is 0 Å². The monoisotopic (exact) mass is 510 g/mol. The van der Waals surface area contributed by atoms with Crippen LogP contribution in [0, 0.1) is 5.82 Å². The number of para-hydroxylation sites is 1. The molecule has 5 aromatic rings. The molecule has 0 unspecified atom stereocenters. The molecule has 0 fully saturated rings. The number of benzene rings is 4. The molecular formula is C29H23FN4O2S. The Hall–Kier alpha value is -4.43. The van der Waals surface area contributed by atoms with Crippen LogP contribution in [0.25, 0.3) is 17.1 Å². The van der Waals surface area contributed by atoms with E-state index in [1.54, 1.807) is 34.9 Å². The number of hydrogen-bond acceptors (Lipinski definition) is 5. The molecule has 0 bridgehead atoms. The summed E-state index contributed by atoms with van der Waals surface area (Å²) in [5.74, 6) is 0.607. The van der Waals surface area contributed by atoms with E-state index in [1.165, 1.54) is 17.8 Å². The molecule has 6 nitrogen and oxygen atoms in total. The molecule has 1 heterocycles. The maximum atomic E-state index is 14.5. The van der Waals surface area contributed by atoms with Gasteiger partial charge >= 0.3 is 0 Å². The number of thioether (sulfide) groups is 1. The molecule has 184 valence electrons. The highest BCUT2D eigenvalue weighted by Crippen LogP contribution is 2.29. The van der Waals surface area contributed by atoms with Crippen molar-refractivity contribution >= 4 is 23.4 Å². The van der Waals surface area contributed by atoms with Gasteiger partial charge in [-0.05, 0) is 54.1 Å². The number of rotatable bonds is 9. The van der Waals surface area contributed by atoms with Crippen molar-refractivity contribution in [1.82, 2.24) is 14.8 Å². The Bertz CT molecular complexity index is 1480. The minimum Gasteiger partial charge on any atom is -0.489 e. The Morgan fingerprint density at radius 2 is 1.51 bits per heavy atom. The fourth-order valence-corrected chi connectivity index (χ4v) is 4.44. The molecule has 0 atom stereocenters. The van der Waals surface area contributed by atoms with E-state index in [1.807, 2.05) is 72.8 Å². The Labute approximate surface area is 218 Å². The molecule has 5 rings (SSSR count). The smallest absolute Gasteiger partial charge is 0.234 e. The maximum Gasteiger partial charge on any atom is 0.234 e. The molecule has 4 aromatic carbocycles. The van der Waals surface area contributed by atoms with Gasteiger partial charge in [-0.2, -0.15) is 0 Å². The number of nitrogens with one attached hydrogen (secondary N) is 1. The zero-order valence-electron chi connectivity index (χ0n) is 19.8. The molecule has 0 aliphatic carbocycles. The van der Waals surface area contributed by atoms with Crippen LogP contribution in [-0.2, 0) is 11.4 Å². The first-order valence-corrected chi connectivity index (χ1v) is 12.6. The number of halogens is 1. The van der Waals surface area contributed by atoms with E-state index in [0.717, 1.165) is 11.3 Å². The van der Waals surface area contributed by atoms with E-state index in [2.05, 4.69) is 15.5 Å². The number of aromatic nitrogens is 3. The lowest BCUT2D eigenvalue weighted by atomic mass is 10.2. The molecule has 0 aliphatic heterocycles. The first-order chi connectivity index (χ1) is 18.2. The van der Waals surface area contributed by atoms with Gasteiger partial charge in [0.05, 0.1) is 11.3 Å². The second-order valence-corrected chi connectivity index (χ2v) is 9.03. The SMILES string of the molecule is O=C(CSc1nnc(-c2ccccc2F)n1-c1ccccc1)Nc1ccc(OCc2ccccc2)cc1. The van der Waals surface area contributed by atoms with Crippen LogP contribution in [0.3, 0.4) is 0 Å².